The molecule has 0 bridgehead atoms. The van der Waals surface area contributed by atoms with Crippen molar-refractivity contribution in [2.45, 2.75) is 39.5 Å². The third-order valence-electron chi connectivity index (χ3n) is 3.08. The Balaban J connectivity index is 3.10. The van der Waals surface area contributed by atoms with Crippen molar-refractivity contribution in [3.8, 4) is 5.75 Å². The monoisotopic (exact) mass is 286 g/mol. The number of aliphatic carboxylic acids is 1. The summed E-state index contributed by atoms with van der Waals surface area (Å²) in [5, 5.41) is 8.79. The maximum Gasteiger partial charge on any atom is 0.303 e. The number of aryl methyl sites for hydroxylation is 1. The zero-order chi connectivity index (χ0) is 15.6. The van der Waals surface area contributed by atoms with Crippen molar-refractivity contribution in [2.24, 2.45) is 5.41 Å². The van der Waals surface area contributed by atoms with Crippen LogP contribution in [0.2, 0.25) is 0 Å². The summed E-state index contributed by atoms with van der Waals surface area (Å²) >= 11 is 0. The van der Waals surface area contributed by atoms with Crippen molar-refractivity contribution in [3.05, 3.63) is 29.3 Å². The first-order valence-corrected chi connectivity index (χ1v) is 6.32. The maximum atomic E-state index is 14.5. The van der Waals surface area contributed by atoms with E-state index in [0.717, 1.165) is 0 Å². The zero-order valence-corrected chi connectivity index (χ0v) is 12.2. The van der Waals surface area contributed by atoms with Crippen LogP contribution in [0.4, 0.5) is 8.78 Å². The Kier molecular flexibility index (Phi) is 4.73. The number of hydrogen-bond acceptors (Lipinski definition) is 2. The molecule has 0 fully saturated rings. The first-order chi connectivity index (χ1) is 9.07. The molecule has 1 aromatic carbocycles. The Morgan fingerprint density at radius 2 is 1.95 bits per heavy atom. The van der Waals surface area contributed by atoms with Gasteiger partial charge in [0.1, 0.15) is 5.75 Å². The summed E-state index contributed by atoms with van der Waals surface area (Å²) in [6, 6.07) is 4.58. The summed E-state index contributed by atoms with van der Waals surface area (Å²) in [6.07, 6.45) is -0.858. The van der Waals surface area contributed by atoms with Gasteiger partial charge in [0, 0.05) is 6.42 Å². The van der Waals surface area contributed by atoms with Gasteiger partial charge in [0.2, 0.25) is 0 Å². The van der Waals surface area contributed by atoms with Gasteiger partial charge >= 0.3 is 5.97 Å². The molecule has 5 heteroatoms. The lowest BCUT2D eigenvalue weighted by molar-refractivity contribution is -0.140. The molecular weight excluding hydrogens is 266 g/mol. The minimum atomic E-state index is -3.14. The van der Waals surface area contributed by atoms with E-state index in [1.54, 1.807) is 13.0 Å². The van der Waals surface area contributed by atoms with Crippen LogP contribution in [0, 0.1) is 12.3 Å². The number of carboxylic acid groups (broad SMARTS) is 1. The van der Waals surface area contributed by atoms with Crippen LogP contribution in [0.15, 0.2) is 18.2 Å². The molecule has 20 heavy (non-hydrogen) atoms. The van der Waals surface area contributed by atoms with Gasteiger partial charge in [-0.15, -0.1) is 0 Å². The number of hydrogen-bond donors (Lipinski definition) is 1. The Bertz CT molecular complexity index is 496. The Labute approximate surface area is 117 Å². The quantitative estimate of drug-likeness (QED) is 0.860. The third kappa shape index (κ3) is 4.18. The van der Waals surface area contributed by atoms with Gasteiger partial charge in [0.25, 0.3) is 5.92 Å². The van der Waals surface area contributed by atoms with E-state index in [0.29, 0.717) is 5.56 Å². The number of carbonyl (C=O) groups is 1. The average molecular weight is 286 g/mol. The molecule has 0 aromatic heterocycles. The van der Waals surface area contributed by atoms with Crippen molar-refractivity contribution in [1.82, 2.24) is 0 Å². The molecule has 0 unspecified atom stereocenters. The van der Waals surface area contributed by atoms with Crippen LogP contribution in [0.5, 0.6) is 5.75 Å². The van der Waals surface area contributed by atoms with Gasteiger partial charge in [-0.25, -0.2) is 8.78 Å². The van der Waals surface area contributed by atoms with Crippen molar-refractivity contribution in [1.29, 1.82) is 0 Å². The summed E-state index contributed by atoms with van der Waals surface area (Å²) in [4.78, 5) is 10.7. The molecule has 3 nitrogen and oxygen atoms in total. The minimum Gasteiger partial charge on any atom is -0.496 e. The zero-order valence-electron chi connectivity index (χ0n) is 12.2. The fraction of sp³-hybridized carbons (Fsp3) is 0.533. The van der Waals surface area contributed by atoms with Gasteiger partial charge < -0.3 is 9.84 Å². The lowest BCUT2D eigenvalue weighted by Gasteiger charge is -2.29. The first-order valence-electron chi connectivity index (χ1n) is 6.32. The van der Waals surface area contributed by atoms with E-state index in [4.69, 9.17) is 9.84 Å². The SMILES string of the molecule is COc1ccc(C)cc1C(F)(F)CC(C)(C)CC(=O)O. The largest absolute Gasteiger partial charge is 0.496 e. The lowest BCUT2D eigenvalue weighted by atomic mass is 9.81. The molecule has 0 radical (unpaired) electrons. The molecule has 0 aliphatic heterocycles. The Morgan fingerprint density at radius 1 is 1.35 bits per heavy atom. The van der Waals surface area contributed by atoms with E-state index in [9.17, 15) is 13.6 Å². The molecule has 1 aromatic rings. The van der Waals surface area contributed by atoms with Crippen LogP contribution in [0.1, 0.15) is 37.8 Å². The molecular formula is C15H20F2O3. The molecule has 0 saturated heterocycles. The van der Waals surface area contributed by atoms with E-state index >= 15 is 0 Å². The van der Waals surface area contributed by atoms with Crippen molar-refractivity contribution in [3.63, 3.8) is 0 Å². The number of rotatable bonds is 6. The highest BCUT2D eigenvalue weighted by Crippen LogP contribution is 2.44. The van der Waals surface area contributed by atoms with E-state index < -0.39 is 23.7 Å². The highest BCUT2D eigenvalue weighted by molar-refractivity contribution is 5.67. The Morgan fingerprint density at radius 3 is 2.45 bits per heavy atom. The number of carboxylic acids is 1. The van der Waals surface area contributed by atoms with E-state index in [1.807, 2.05) is 0 Å². The van der Waals surface area contributed by atoms with Crippen molar-refractivity contribution < 1.29 is 23.4 Å². The van der Waals surface area contributed by atoms with Gasteiger partial charge in [-0.1, -0.05) is 25.5 Å². The summed E-state index contributed by atoms with van der Waals surface area (Å²) < 4.78 is 33.9. The number of alkyl halides is 2. The lowest BCUT2D eigenvalue weighted by Crippen LogP contribution is -2.27. The molecule has 0 spiro atoms. The normalized spacial score (nSPS) is 12.3. The van der Waals surface area contributed by atoms with Crippen LogP contribution < -0.4 is 4.74 Å². The fourth-order valence-electron chi connectivity index (χ4n) is 2.28. The van der Waals surface area contributed by atoms with E-state index in [-0.39, 0.29) is 17.7 Å². The van der Waals surface area contributed by atoms with Gasteiger partial charge in [0.05, 0.1) is 19.1 Å². The second-order valence-corrected chi connectivity index (χ2v) is 5.82. The predicted octanol–water partition coefficient (Wildman–Crippen LogP) is 3.99. The molecule has 0 saturated carbocycles. The Hall–Kier alpha value is -1.65. The molecule has 0 amide bonds. The van der Waals surface area contributed by atoms with E-state index in [2.05, 4.69) is 0 Å². The highest BCUT2D eigenvalue weighted by Gasteiger charge is 2.41. The topological polar surface area (TPSA) is 46.5 Å². The van der Waals surface area contributed by atoms with Crippen LogP contribution in [-0.4, -0.2) is 18.2 Å². The average Bonchev–Trinajstić information content (AvgIpc) is 2.25. The van der Waals surface area contributed by atoms with Gasteiger partial charge in [0.15, 0.2) is 0 Å². The molecule has 1 rings (SSSR count). The number of benzene rings is 1. The second kappa shape index (κ2) is 5.77. The van der Waals surface area contributed by atoms with E-state index in [1.165, 1.54) is 33.1 Å². The molecule has 0 aliphatic carbocycles. The van der Waals surface area contributed by atoms with Crippen LogP contribution >= 0.6 is 0 Å². The second-order valence-electron chi connectivity index (χ2n) is 5.82. The predicted molar refractivity (Wildman–Crippen MR) is 72.3 cm³/mol. The first kappa shape index (κ1) is 16.4. The molecule has 0 atom stereocenters. The summed E-state index contributed by atoms with van der Waals surface area (Å²) in [6.45, 7) is 4.77. The van der Waals surface area contributed by atoms with Crippen molar-refractivity contribution >= 4 is 5.97 Å². The minimum absolute atomic E-state index is 0.117. The maximum absolute atomic E-state index is 14.5. The highest BCUT2D eigenvalue weighted by atomic mass is 19.3. The summed E-state index contributed by atoms with van der Waals surface area (Å²) in [5.41, 5.74) is -0.501. The number of halogens is 2. The molecule has 0 heterocycles. The van der Waals surface area contributed by atoms with Crippen LogP contribution in [0.3, 0.4) is 0 Å². The van der Waals surface area contributed by atoms with Crippen LogP contribution in [0.25, 0.3) is 0 Å². The number of ether oxygens (including phenoxy) is 1. The summed E-state index contributed by atoms with van der Waals surface area (Å²) in [5.74, 6) is -4.11. The molecule has 0 aliphatic rings. The van der Waals surface area contributed by atoms with Gasteiger partial charge in [-0.05, 0) is 24.5 Å². The number of methoxy groups -OCH3 is 1. The molecule has 112 valence electrons. The van der Waals surface area contributed by atoms with Gasteiger partial charge in [-0.2, -0.15) is 0 Å². The molecule has 1 N–H and O–H groups in total. The van der Waals surface area contributed by atoms with Gasteiger partial charge in [-0.3, -0.25) is 4.79 Å². The fourth-order valence-corrected chi connectivity index (χ4v) is 2.28. The van der Waals surface area contributed by atoms with Crippen molar-refractivity contribution in [2.75, 3.05) is 7.11 Å². The smallest absolute Gasteiger partial charge is 0.303 e. The third-order valence-corrected chi connectivity index (χ3v) is 3.08. The standard InChI is InChI=1S/C15H20F2O3/c1-10-5-6-12(20-4)11(7-10)15(16,17)9-14(2,3)8-13(18)19/h5-7H,8-9H2,1-4H3,(H,18,19). The van der Waals surface area contributed by atoms with Crippen LogP contribution in [-0.2, 0) is 10.7 Å². The summed E-state index contributed by atoms with van der Waals surface area (Å²) in [7, 11) is 1.34.